The standard InChI is InChI=1S/C16H16N2.C12H20N4O/c1-13(14-9-5-3-6-10-14)18-16(17-2)15-11-7-4-8-12-15;1-4-12(17)16-7-5-15(6-8-16)11-9-10(2)13-14(11)3/h3-12H,1-2H3;9H,4-8H2,1-3H3. The molecule has 1 amide bonds. The number of carbonyl (C=O) groups is 1. The van der Waals surface area contributed by atoms with Crippen molar-refractivity contribution in [1.29, 1.82) is 0 Å². The van der Waals surface area contributed by atoms with Crippen molar-refractivity contribution in [3.05, 3.63) is 83.6 Å². The summed E-state index contributed by atoms with van der Waals surface area (Å²) in [5.41, 5.74) is 4.17. The molecule has 7 heteroatoms. The van der Waals surface area contributed by atoms with Gasteiger partial charge in [0.05, 0.1) is 5.69 Å². The summed E-state index contributed by atoms with van der Waals surface area (Å²) >= 11 is 0. The van der Waals surface area contributed by atoms with E-state index in [0.29, 0.717) is 6.42 Å². The lowest BCUT2D eigenvalue weighted by Crippen LogP contribution is -2.49. The SMILES string of the molecule is CCC(=O)N1CCN(c2cc(C)nn2C)CC1.CN=C(N=C(C)c1ccccc1)c1ccccc1. The van der Waals surface area contributed by atoms with Crippen LogP contribution >= 0.6 is 0 Å². The normalized spacial score (nSPS) is 14.4. The third kappa shape index (κ3) is 7.12. The monoisotopic (exact) mass is 472 g/mol. The minimum atomic E-state index is 0.255. The van der Waals surface area contributed by atoms with E-state index in [-0.39, 0.29) is 5.91 Å². The zero-order valence-corrected chi connectivity index (χ0v) is 21.5. The number of aliphatic imine (C=N–C) groups is 2. The van der Waals surface area contributed by atoms with Gasteiger partial charge in [-0.25, -0.2) is 4.99 Å². The van der Waals surface area contributed by atoms with Crippen molar-refractivity contribution >= 4 is 23.3 Å². The Balaban J connectivity index is 0.000000196. The Hall–Kier alpha value is -3.74. The van der Waals surface area contributed by atoms with Crippen LogP contribution in [0.2, 0.25) is 0 Å². The van der Waals surface area contributed by atoms with E-state index in [1.54, 1.807) is 7.05 Å². The van der Waals surface area contributed by atoms with Gasteiger partial charge < -0.3 is 9.80 Å². The Labute approximate surface area is 208 Å². The van der Waals surface area contributed by atoms with Crippen LogP contribution in [-0.2, 0) is 11.8 Å². The number of hydrogen-bond donors (Lipinski definition) is 0. The molecule has 0 aliphatic carbocycles. The van der Waals surface area contributed by atoms with Crippen LogP contribution in [0.25, 0.3) is 0 Å². The van der Waals surface area contributed by atoms with E-state index in [9.17, 15) is 4.79 Å². The van der Waals surface area contributed by atoms with E-state index in [2.05, 4.69) is 38.2 Å². The smallest absolute Gasteiger partial charge is 0.222 e. The Bertz CT molecular complexity index is 1140. The van der Waals surface area contributed by atoms with Gasteiger partial charge in [0.15, 0.2) is 5.84 Å². The minimum absolute atomic E-state index is 0.255. The van der Waals surface area contributed by atoms with Crippen LogP contribution < -0.4 is 4.90 Å². The maximum atomic E-state index is 11.6. The maximum Gasteiger partial charge on any atom is 0.222 e. The second kappa shape index (κ2) is 12.6. The molecule has 1 aromatic heterocycles. The molecule has 2 aromatic carbocycles. The molecule has 0 atom stereocenters. The molecule has 0 spiro atoms. The molecule has 1 fully saturated rings. The molecular formula is C28H36N6O. The summed E-state index contributed by atoms with van der Waals surface area (Å²) in [4.78, 5) is 24.7. The lowest BCUT2D eigenvalue weighted by Gasteiger charge is -2.35. The first-order chi connectivity index (χ1) is 16.9. The fourth-order valence-electron chi connectivity index (χ4n) is 4.04. The van der Waals surface area contributed by atoms with Gasteiger partial charge in [0.25, 0.3) is 0 Å². The van der Waals surface area contributed by atoms with Crippen LogP contribution in [0.3, 0.4) is 0 Å². The molecule has 7 nitrogen and oxygen atoms in total. The van der Waals surface area contributed by atoms with E-state index in [1.807, 2.05) is 85.9 Å². The van der Waals surface area contributed by atoms with Crippen molar-refractivity contribution in [2.75, 3.05) is 38.1 Å². The van der Waals surface area contributed by atoms with Crippen molar-refractivity contribution in [3.63, 3.8) is 0 Å². The zero-order chi connectivity index (χ0) is 25.2. The molecule has 3 aromatic rings. The quantitative estimate of drug-likeness (QED) is 0.419. The molecule has 1 saturated heterocycles. The Morgan fingerprint density at radius 1 is 0.943 bits per heavy atom. The lowest BCUT2D eigenvalue weighted by atomic mass is 10.1. The summed E-state index contributed by atoms with van der Waals surface area (Å²) in [6.45, 7) is 9.34. The number of amides is 1. The minimum Gasteiger partial charge on any atom is -0.353 e. The third-order valence-electron chi connectivity index (χ3n) is 5.95. The number of hydrogen-bond acceptors (Lipinski definition) is 4. The number of benzene rings is 2. The van der Waals surface area contributed by atoms with Crippen LogP contribution in [0.1, 0.15) is 37.1 Å². The number of aromatic nitrogens is 2. The first-order valence-corrected chi connectivity index (χ1v) is 12.1. The van der Waals surface area contributed by atoms with Gasteiger partial charge in [0, 0.05) is 64.0 Å². The van der Waals surface area contributed by atoms with Crippen molar-refractivity contribution in [3.8, 4) is 0 Å². The van der Waals surface area contributed by atoms with Gasteiger partial charge in [-0.1, -0.05) is 67.6 Å². The van der Waals surface area contributed by atoms with E-state index < -0.39 is 0 Å². The molecule has 2 heterocycles. The highest BCUT2D eigenvalue weighted by Crippen LogP contribution is 2.17. The third-order valence-corrected chi connectivity index (χ3v) is 5.95. The van der Waals surface area contributed by atoms with E-state index >= 15 is 0 Å². The van der Waals surface area contributed by atoms with Crippen molar-refractivity contribution in [2.45, 2.75) is 27.2 Å². The number of carbonyl (C=O) groups excluding carboxylic acids is 1. The number of anilines is 1. The summed E-state index contributed by atoms with van der Waals surface area (Å²) in [7, 11) is 3.73. The first-order valence-electron chi connectivity index (χ1n) is 12.1. The molecule has 0 radical (unpaired) electrons. The fraction of sp³-hybridized carbons (Fsp3) is 0.357. The topological polar surface area (TPSA) is 66.1 Å². The van der Waals surface area contributed by atoms with Crippen LogP contribution in [0.5, 0.6) is 0 Å². The highest BCUT2D eigenvalue weighted by molar-refractivity contribution is 6.11. The predicted molar refractivity (Wildman–Crippen MR) is 145 cm³/mol. The van der Waals surface area contributed by atoms with Gasteiger partial charge in [-0.2, -0.15) is 5.10 Å². The average Bonchev–Trinajstić information content (AvgIpc) is 3.25. The Morgan fingerprint density at radius 2 is 1.51 bits per heavy atom. The molecule has 0 unspecified atom stereocenters. The first kappa shape index (κ1) is 25.9. The van der Waals surface area contributed by atoms with Crippen molar-refractivity contribution in [1.82, 2.24) is 14.7 Å². The van der Waals surface area contributed by atoms with E-state index in [4.69, 9.17) is 0 Å². The lowest BCUT2D eigenvalue weighted by molar-refractivity contribution is -0.131. The van der Waals surface area contributed by atoms with Crippen LogP contribution in [0.4, 0.5) is 5.82 Å². The number of nitrogens with zero attached hydrogens (tertiary/aromatic N) is 6. The molecule has 0 N–H and O–H groups in total. The van der Waals surface area contributed by atoms with Crippen molar-refractivity contribution in [2.24, 2.45) is 17.0 Å². The summed E-state index contributed by atoms with van der Waals surface area (Å²) in [5, 5.41) is 4.35. The number of amidine groups is 1. The summed E-state index contributed by atoms with van der Waals surface area (Å²) in [6.07, 6.45) is 0.602. The highest BCUT2D eigenvalue weighted by atomic mass is 16.2. The molecule has 1 aliphatic heterocycles. The van der Waals surface area contributed by atoms with E-state index in [1.165, 1.54) is 0 Å². The van der Waals surface area contributed by atoms with Gasteiger partial charge >= 0.3 is 0 Å². The molecule has 0 saturated carbocycles. The van der Waals surface area contributed by atoms with Gasteiger partial charge in [-0.05, 0) is 19.4 Å². The molecule has 0 bridgehead atoms. The predicted octanol–water partition coefficient (Wildman–Crippen LogP) is 4.36. The van der Waals surface area contributed by atoms with Gasteiger partial charge in [0.2, 0.25) is 5.91 Å². The number of aryl methyl sites for hydroxylation is 2. The summed E-state index contributed by atoms with van der Waals surface area (Å²) in [5.74, 6) is 2.16. The van der Waals surface area contributed by atoms with Crippen LogP contribution in [0, 0.1) is 6.92 Å². The van der Waals surface area contributed by atoms with Gasteiger partial charge in [0.1, 0.15) is 5.82 Å². The average molecular weight is 473 g/mol. The summed E-state index contributed by atoms with van der Waals surface area (Å²) in [6, 6.07) is 22.2. The Morgan fingerprint density at radius 3 is 2.00 bits per heavy atom. The molecule has 35 heavy (non-hydrogen) atoms. The molecule has 4 rings (SSSR count). The van der Waals surface area contributed by atoms with Gasteiger partial charge in [-0.15, -0.1) is 0 Å². The van der Waals surface area contributed by atoms with Crippen LogP contribution in [0.15, 0.2) is 76.7 Å². The van der Waals surface area contributed by atoms with E-state index in [0.717, 1.165) is 60.4 Å². The second-order valence-electron chi connectivity index (χ2n) is 8.47. The second-order valence-corrected chi connectivity index (χ2v) is 8.47. The van der Waals surface area contributed by atoms with Gasteiger partial charge in [-0.3, -0.25) is 14.5 Å². The maximum absolute atomic E-state index is 11.6. The largest absolute Gasteiger partial charge is 0.353 e. The molecule has 1 aliphatic rings. The number of rotatable bonds is 4. The summed E-state index contributed by atoms with van der Waals surface area (Å²) < 4.78 is 1.91. The number of piperazine rings is 1. The Kier molecular flexibility index (Phi) is 9.35. The fourth-order valence-corrected chi connectivity index (χ4v) is 4.04. The van der Waals surface area contributed by atoms with Crippen molar-refractivity contribution < 1.29 is 4.79 Å². The molecule has 184 valence electrons. The highest BCUT2D eigenvalue weighted by Gasteiger charge is 2.21. The molecular weight excluding hydrogens is 436 g/mol. The zero-order valence-electron chi connectivity index (χ0n) is 21.5. The van der Waals surface area contributed by atoms with Crippen LogP contribution in [-0.4, -0.2) is 65.4 Å².